The number of rotatable bonds is 2. The molecule has 1 N–H and O–H groups in total. The van der Waals surface area contributed by atoms with Crippen LogP contribution in [0.15, 0.2) is 24.4 Å². The minimum absolute atomic E-state index is 0.124. The third kappa shape index (κ3) is 2.49. The summed E-state index contributed by atoms with van der Waals surface area (Å²) in [5, 5.41) is 2.90. The van der Waals surface area contributed by atoms with Gasteiger partial charge in [0.2, 0.25) is 0 Å². The van der Waals surface area contributed by atoms with Crippen molar-refractivity contribution in [3.8, 4) is 0 Å². The van der Waals surface area contributed by atoms with E-state index in [0.29, 0.717) is 12.4 Å². The van der Waals surface area contributed by atoms with E-state index in [1.54, 1.807) is 19.3 Å². The average molecular weight is 221 g/mol. The Labute approximate surface area is 94.4 Å². The van der Waals surface area contributed by atoms with Gasteiger partial charge < -0.3 is 10.1 Å². The fourth-order valence-corrected chi connectivity index (χ4v) is 1.58. The van der Waals surface area contributed by atoms with Crippen molar-refractivity contribution in [3.63, 3.8) is 0 Å². The van der Waals surface area contributed by atoms with Crippen LogP contribution < -0.4 is 10.2 Å². The van der Waals surface area contributed by atoms with E-state index in [4.69, 9.17) is 4.74 Å². The smallest absolute Gasteiger partial charge is 0.323 e. The molecule has 5 heteroatoms. The number of carbonyl (C=O) groups is 1. The van der Waals surface area contributed by atoms with Gasteiger partial charge in [-0.3, -0.25) is 4.90 Å². The zero-order valence-electron chi connectivity index (χ0n) is 9.22. The lowest BCUT2D eigenvalue weighted by Crippen LogP contribution is -2.43. The van der Waals surface area contributed by atoms with E-state index in [0.717, 1.165) is 13.0 Å². The van der Waals surface area contributed by atoms with E-state index in [2.05, 4.69) is 10.3 Å². The van der Waals surface area contributed by atoms with Crippen LogP contribution in [0.1, 0.15) is 6.42 Å². The second kappa shape index (κ2) is 4.94. The van der Waals surface area contributed by atoms with Crippen molar-refractivity contribution in [1.82, 2.24) is 10.3 Å². The van der Waals surface area contributed by atoms with Gasteiger partial charge in [0, 0.05) is 19.9 Å². The highest BCUT2D eigenvalue weighted by Gasteiger charge is 2.20. The zero-order valence-corrected chi connectivity index (χ0v) is 9.22. The lowest BCUT2D eigenvalue weighted by Gasteiger charge is -2.19. The minimum Gasteiger partial charge on any atom is -0.379 e. The van der Waals surface area contributed by atoms with Gasteiger partial charge in [-0.1, -0.05) is 6.07 Å². The number of aromatic nitrogens is 1. The molecular weight excluding hydrogens is 206 g/mol. The number of ether oxygens (including phenoxy) is 1. The number of carbonyl (C=O) groups excluding carboxylic acids is 1. The van der Waals surface area contributed by atoms with Crippen LogP contribution in [0.5, 0.6) is 0 Å². The van der Waals surface area contributed by atoms with Gasteiger partial charge in [0.1, 0.15) is 5.82 Å². The van der Waals surface area contributed by atoms with Crippen LogP contribution in [0.4, 0.5) is 10.6 Å². The number of anilines is 1. The molecule has 2 amide bonds. The fraction of sp³-hybridized carbons (Fsp3) is 0.455. The molecule has 2 heterocycles. The topological polar surface area (TPSA) is 54.5 Å². The lowest BCUT2D eigenvalue weighted by atomic mass is 10.3. The molecule has 0 radical (unpaired) electrons. The van der Waals surface area contributed by atoms with Crippen LogP contribution >= 0.6 is 0 Å². The summed E-state index contributed by atoms with van der Waals surface area (Å²) in [4.78, 5) is 17.4. The van der Waals surface area contributed by atoms with Gasteiger partial charge in [-0.15, -0.1) is 0 Å². The molecule has 1 fully saturated rings. The number of urea groups is 1. The molecule has 0 saturated carbocycles. The first kappa shape index (κ1) is 10.9. The maximum Gasteiger partial charge on any atom is 0.323 e. The number of pyridine rings is 1. The Balaban J connectivity index is 1.94. The van der Waals surface area contributed by atoms with Crippen molar-refractivity contribution in [3.05, 3.63) is 24.4 Å². The summed E-state index contributed by atoms with van der Waals surface area (Å²) in [5.74, 6) is 0.638. The van der Waals surface area contributed by atoms with Gasteiger partial charge in [-0.25, -0.2) is 9.78 Å². The van der Waals surface area contributed by atoms with Crippen molar-refractivity contribution in [2.24, 2.45) is 0 Å². The maximum absolute atomic E-state index is 11.8. The van der Waals surface area contributed by atoms with Gasteiger partial charge in [0.25, 0.3) is 0 Å². The largest absolute Gasteiger partial charge is 0.379 e. The minimum atomic E-state index is -0.144. The highest BCUT2D eigenvalue weighted by molar-refractivity contribution is 5.90. The second-order valence-electron chi connectivity index (χ2n) is 3.76. The van der Waals surface area contributed by atoms with Crippen molar-refractivity contribution in [1.29, 1.82) is 0 Å². The van der Waals surface area contributed by atoms with E-state index in [-0.39, 0.29) is 12.1 Å². The van der Waals surface area contributed by atoms with Gasteiger partial charge in [0.15, 0.2) is 0 Å². The molecule has 1 aliphatic rings. The van der Waals surface area contributed by atoms with Gasteiger partial charge in [0.05, 0.1) is 12.6 Å². The Morgan fingerprint density at radius 2 is 2.50 bits per heavy atom. The summed E-state index contributed by atoms with van der Waals surface area (Å²) in [5.41, 5.74) is 0. The third-order valence-corrected chi connectivity index (χ3v) is 2.55. The number of nitrogens with one attached hydrogen (secondary N) is 1. The van der Waals surface area contributed by atoms with Crippen molar-refractivity contribution >= 4 is 11.8 Å². The second-order valence-corrected chi connectivity index (χ2v) is 3.76. The molecule has 1 unspecified atom stereocenters. The molecule has 1 aromatic rings. The zero-order chi connectivity index (χ0) is 11.4. The number of hydrogen-bond acceptors (Lipinski definition) is 3. The maximum atomic E-state index is 11.8. The van der Waals surface area contributed by atoms with E-state index in [1.165, 1.54) is 4.90 Å². The summed E-state index contributed by atoms with van der Waals surface area (Å²) in [6.07, 6.45) is 2.54. The molecule has 5 nitrogen and oxygen atoms in total. The number of hydrogen-bond donors (Lipinski definition) is 1. The lowest BCUT2D eigenvalue weighted by molar-refractivity contribution is 0.189. The molecule has 86 valence electrons. The normalized spacial score (nSPS) is 19.4. The van der Waals surface area contributed by atoms with E-state index < -0.39 is 0 Å². The summed E-state index contributed by atoms with van der Waals surface area (Å²) in [6, 6.07) is 5.45. The molecule has 1 atom stereocenters. The van der Waals surface area contributed by atoms with Crippen molar-refractivity contribution in [2.45, 2.75) is 12.5 Å². The molecule has 0 aromatic carbocycles. The van der Waals surface area contributed by atoms with Crippen LogP contribution in [-0.4, -0.2) is 37.3 Å². The van der Waals surface area contributed by atoms with Crippen molar-refractivity contribution in [2.75, 3.05) is 25.2 Å². The van der Waals surface area contributed by atoms with Gasteiger partial charge in [-0.2, -0.15) is 0 Å². The molecule has 0 aliphatic carbocycles. The first-order valence-electron chi connectivity index (χ1n) is 5.30. The molecule has 1 aromatic heterocycles. The van der Waals surface area contributed by atoms with Gasteiger partial charge >= 0.3 is 6.03 Å². The molecule has 2 rings (SSSR count). The summed E-state index contributed by atoms with van der Waals surface area (Å²) >= 11 is 0. The van der Waals surface area contributed by atoms with Crippen molar-refractivity contribution < 1.29 is 9.53 Å². The predicted octanol–water partition coefficient (Wildman–Crippen LogP) is 1.02. The monoisotopic (exact) mass is 221 g/mol. The van der Waals surface area contributed by atoms with Crippen LogP contribution in [0.25, 0.3) is 0 Å². The highest BCUT2D eigenvalue weighted by atomic mass is 16.5. The molecule has 0 bridgehead atoms. The molecule has 1 aliphatic heterocycles. The fourth-order valence-electron chi connectivity index (χ4n) is 1.58. The van der Waals surface area contributed by atoms with Crippen LogP contribution in [0, 0.1) is 0 Å². The van der Waals surface area contributed by atoms with Crippen LogP contribution in [-0.2, 0) is 4.74 Å². The standard InChI is InChI=1S/C11H15N3O2/c1-14(10-4-2-3-6-12-10)11(15)13-9-5-7-16-8-9/h2-4,6,9H,5,7-8H2,1H3,(H,13,15). The quantitative estimate of drug-likeness (QED) is 0.811. The van der Waals surface area contributed by atoms with E-state index in [9.17, 15) is 4.79 Å². The van der Waals surface area contributed by atoms with Crippen LogP contribution in [0.3, 0.4) is 0 Å². The number of amides is 2. The Hall–Kier alpha value is -1.62. The molecule has 0 spiro atoms. The predicted molar refractivity (Wildman–Crippen MR) is 60.4 cm³/mol. The highest BCUT2D eigenvalue weighted by Crippen LogP contribution is 2.08. The summed E-state index contributed by atoms with van der Waals surface area (Å²) in [7, 11) is 1.70. The SMILES string of the molecule is CN(C(=O)NC1CCOC1)c1ccccn1. The first-order chi connectivity index (χ1) is 7.77. The van der Waals surface area contributed by atoms with E-state index >= 15 is 0 Å². The Bertz CT molecular complexity index is 350. The van der Waals surface area contributed by atoms with Crippen LogP contribution in [0.2, 0.25) is 0 Å². The Morgan fingerprint density at radius 1 is 1.62 bits per heavy atom. The summed E-state index contributed by atoms with van der Waals surface area (Å²) in [6.45, 7) is 1.32. The Morgan fingerprint density at radius 3 is 3.12 bits per heavy atom. The van der Waals surface area contributed by atoms with E-state index in [1.807, 2.05) is 12.1 Å². The first-order valence-corrected chi connectivity index (χ1v) is 5.30. The molecular formula is C11H15N3O2. The summed E-state index contributed by atoms with van der Waals surface area (Å²) < 4.78 is 5.19. The third-order valence-electron chi connectivity index (χ3n) is 2.55. The Kier molecular flexibility index (Phi) is 3.36. The average Bonchev–Trinajstić information content (AvgIpc) is 2.82. The molecule has 16 heavy (non-hydrogen) atoms. The number of nitrogens with zero attached hydrogens (tertiary/aromatic N) is 2. The molecule has 1 saturated heterocycles. The van der Waals surface area contributed by atoms with Gasteiger partial charge in [-0.05, 0) is 18.6 Å².